The van der Waals surface area contributed by atoms with E-state index in [1.807, 2.05) is 17.5 Å². The van der Waals surface area contributed by atoms with Crippen LogP contribution in [0.2, 0.25) is 0 Å². The average Bonchev–Trinajstić information content (AvgIpc) is 3.04. The minimum Gasteiger partial charge on any atom is -0.324 e. The molecule has 0 radical (unpaired) electrons. The van der Waals surface area contributed by atoms with Crippen LogP contribution in [-0.4, -0.2) is 9.55 Å². The lowest BCUT2D eigenvalue weighted by atomic mass is 10.2. The van der Waals surface area contributed by atoms with Crippen molar-refractivity contribution in [3.8, 4) is 0 Å². The van der Waals surface area contributed by atoms with Crippen molar-refractivity contribution < 1.29 is 4.39 Å². The number of aromatic nitrogens is 2. The van der Waals surface area contributed by atoms with Gasteiger partial charge in [-0.25, -0.2) is 9.37 Å². The monoisotopic (exact) mass is 289 g/mol. The number of nitrogens with two attached hydrogens (primary N) is 1. The highest BCUT2D eigenvalue weighted by molar-refractivity contribution is 7.10. The van der Waals surface area contributed by atoms with E-state index in [9.17, 15) is 4.39 Å². The molecular weight excluding hydrogens is 273 g/mol. The molecule has 3 aromatic rings. The second-order valence-electron chi connectivity index (χ2n) is 5.06. The minimum atomic E-state index is -0.284. The predicted molar refractivity (Wildman–Crippen MR) is 80.4 cm³/mol. The van der Waals surface area contributed by atoms with Crippen LogP contribution in [-0.2, 0) is 0 Å². The largest absolute Gasteiger partial charge is 0.324 e. The zero-order chi connectivity index (χ0) is 14.3. The van der Waals surface area contributed by atoms with Gasteiger partial charge < -0.3 is 10.3 Å². The number of thiophene rings is 1. The molecule has 0 aliphatic carbocycles. The predicted octanol–water partition coefficient (Wildman–Crippen LogP) is 3.87. The third-order valence-electron chi connectivity index (χ3n) is 3.32. The van der Waals surface area contributed by atoms with Crippen molar-refractivity contribution in [2.45, 2.75) is 25.9 Å². The van der Waals surface area contributed by atoms with Crippen LogP contribution in [0.5, 0.6) is 0 Å². The van der Waals surface area contributed by atoms with Gasteiger partial charge in [-0.3, -0.25) is 0 Å². The van der Waals surface area contributed by atoms with E-state index in [4.69, 9.17) is 5.73 Å². The maximum atomic E-state index is 13.4. The van der Waals surface area contributed by atoms with E-state index >= 15 is 0 Å². The Morgan fingerprint density at radius 1 is 1.30 bits per heavy atom. The van der Waals surface area contributed by atoms with Gasteiger partial charge in [-0.15, -0.1) is 11.3 Å². The van der Waals surface area contributed by atoms with Crippen LogP contribution in [0.3, 0.4) is 0 Å². The Morgan fingerprint density at radius 2 is 2.10 bits per heavy atom. The summed E-state index contributed by atoms with van der Waals surface area (Å²) in [4.78, 5) is 5.61. The summed E-state index contributed by atoms with van der Waals surface area (Å²) in [6, 6.07) is 8.59. The van der Waals surface area contributed by atoms with E-state index in [0.29, 0.717) is 5.52 Å². The topological polar surface area (TPSA) is 43.8 Å². The fraction of sp³-hybridized carbons (Fsp3) is 0.267. The third-order valence-corrected chi connectivity index (χ3v) is 4.28. The molecule has 0 aliphatic heterocycles. The van der Waals surface area contributed by atoms with Crippen LogP contribution in [0, 0.1) is 5.82 Å². The van der Waals surface area contributed by atoms with Crippen molar-refractivity contribution in [3.63, 3.8) is 0 Å². The van der Waals surface area contributed by atoms with Gasteiger partial charge in [0.25, 0.3) is 0 Å². The van der Waals surface area contributed by atoms with E-state index in [1.165, 1.54) is 12.1 Å². The third kappa shape index (κ3) is 2.13. The normalized spacial score (nSPS) is 13.2. The molecule has 1 atom stereocenters. The van der Waals surface area contributed by atoms with E-state index in [-0.39, 0.29) is 17.9 Å². The molecule has 20 heavy (non-hydrogen) atoms. The summed E-state index contributed by atoms with van der Waals surface area (Å²) in [7, 11) is 0. The first-order valence-corrected chi connectivity index (χ1v) is 7.42. The van der Waals surface area contributed by atoms with Crippen molar-refractivity contribution in [1.82, 2.24) is 9.55 Å². The number of imidazole rings is 1. The van der Waals surface area contributed by atoms with Crippen molar-refractivity contribution in [2.75, 3.05) is 0 Å². The lowest BCUT2D eigenvalue weighted by Gasteiger charge is -2.16. The first-order chi connectivity index (χ1) is 9.58. The number of hydrogen-bond acceptors (Lipinski definition) is 3. The lowest BCUT2D eigenvalue weighted by Crippen LogP contribution is -2.18. The molecule has 3 rings (SSSR count). The Bertz CT molecular complexity index is 731. The SMILES string of the molecule is CC(C)n1c(C(N)c2cccs2)nc2cc(F)ccc21. The van der Waals surface area contributed by atoms with Gasteiger partial charge in [0.2, 0.25) is 0 Å². The maximum Gasteiger partial charge on any atom is 0.132 e. The Hall–Kier alpha value is -1.72. The quantitative estimate of drug-likeness (QED) is 0.795. The summed E-state index contributed by atoms with van der Waals surface area (Å²) in [6.45, 7) is 4.16. The molecule has 1 unspecified atom stereocenters. The molecule has 2 aromatic heterocycles. The van der Waals surface area contributed by atoms with Crippen molar-refractivity contribution in [2.24, 2.45) is 5.73 Å². The highest BCUT2D eigenvalue weighted by Crippen LogP contribution is 2.29. The summed E-state index contributed by atoms with van der Waals surface area (Å²) in [5.41, 5.74) is 7.91. The standard InChI is InChI=1S/C15H16FN3S/c1-9(2)19-12-6-5-10(16)8-11(12)18-15(19)14(17)13-4-3-7-20-13/h3-9,14H,17H2,1-2H3. The van der Waals surface area contributed by atoms with Gasteiger partial charge in [0.15, 0.2) is 0 Å². The molecule has 0 spiro atoms. The zero-order valence-electron chi connectivity index (χ0n) is 11.4. The Morgan fingerprint density at radius 3 is 2.75 bits per heavy atom. The van der Waals surface area contributed by atoms with Crippen LogP contribution < -0.4 is 5.73 Å². The molecule has 5 heteroatoms. The van der Waals surface area contributed by atoms with Gasteiger partial charge in [0.05, 0.1) is 17.1 Å². The molecule has 0 saturated heterocycles. The first-order valence-electron chi connectivity index (χ1n) is 6.54. The van der Waals surface area contributed by atoms with Crippen molar-refractivity contribution in [3.05, 3.63) is 52.2 Å². The fourth-order valence-corrected chi connectivity index (χ4v) is 3.17. The number of benzene rings is 1. The average molecular weight is 289 g/mol. The van der Waals surface area contributed by atoms with E-state index in [0.717, 1.165) is 16.2 Å². The summed E-state index contributed by atoms with van der Waals surface area (Å²) in [6.07, 6.45) is 0. The Balaban J connectivity index is 2.21. The van der Waals surface area contributed by atoms with Crippen LogP contribution >= 0.6 is 11.3 Å². The molecule has 0 saturated carbocycles. The number of fused-ring (bicyclic) bond motifs is 1. The van der Waals surface area contributed by atoms with Gasteiger partial charge in [-0.05, 0) is 37.4 Å². The number of halogens is 1. The zero-order valence-corrected chi connectivity index (χ0v) is 12.2. The van der Waals surface area contributed by atoms with Gasteiger partial charge in [-0.2, -0.15) is 0 Å². The highest BCUT2D eigenvalue weighted by atomic mass is 32.1. The first kappa shape index (κ1) is 13.3. The molecule has 104 valence electrons. The maximum absolute atomic E-state index is 13.4. The fourth-order valence-electron chi connectivity index (χ4n) is 2.45. The summed E-state index contributed by atoms with van der Waals surface area (Å²) >= 11 is 1.61. The number of hydrogen-bond donors (Lipinski definition) is 1. The molecule has 2 N–H and O–H groups in total. The van der Waals surface area contributed by atoms with Crippen LogP contribution in [0.15, 0.2) is 35.7 Å². The molecule has 0 bridgehead atoms. The molecule has 0 aliphatic rings. The minimum absolute atomic E-state index is 0.214. The van der Waals surface area contributed by atoms with Gasteiger partial charge in [-0.1, -0.05) is 6.07 Å². The number of rotatable bonds is 3. The summed E-state index contributed by atoms with van der Waals surface area (Å²) in [5.74, 6) is 0.505. The molecule has 2 heterocycles. The van der Waals surface area contributed by atoms with Crippen molar-refractivity contribution in [1.29, 1.82) is 0 Å². The lowest BCUT2D eigenvalue weighted by molar-refractivity contribution is 0.569. The molecule has 3 nitrogen and oxygen atoms in total. The Labute approximate surface area is 120 Å². The van der Waals surface area contributed by atoms with Crippen molar-refractivity contribution >= 4 is 22.4 Å². The van der Waals surface area contributed by atoms with Gasteiger partial charge in [0, 0.05) is 17.0 Å². The molecule has 0 amide bonds. The second-order valence-corrected chi connectivity index (χ2v) is 6.04. The molecule has 1 aromatic carbocycles. The molecular formula is C15H16FN3S. The molecule has 0 fully saturated rings. The van der Waals surface area contributed by atoms with Crippen LogP contribution in [0.1, 0.15) is 36.6 Å². The van der Waals surface area contributed by atoms with E-state index in [1.54, 1.807) is 17.4 Å². The second kappa shape index (κ2) is 5.00. The smallest absolute Gasteiger partial charge is 0.132 e. The Kier molecular flexibility index (Phi) is 3.31. The summed E-state index contributed by atoms with van der Waals surface area (Å²) < 4.78 is 15.5. The van der Waals surface area contributed by atoms with E-state index in [2.05, 4.69) is 23.4 Å². The van der Waals surface area contributed by atoms with Crippen LogP contribution in [0.4, 0.5) is 4.39 Å². The van der Waals surface area contributed by atoms with Gasteiger partial charge >= 0.3 is 0 Å². The highest BCUT2D eigenvalue weighted by Gasteiger charge is 2.21. The number of nitrogens with zero attached hydrogens (tertiary/aromatic N) is 2. The van der Waals surface area contributed by atoms with Gasteiger partial charge in [0.1, 0.15) is 11.6 Å². The van der Waals surface area contributed by atoms with E-state index < -0.39 is 0 Å². The van der Waals surface area contributed by atoms with Crippen LogP contribution in [0.25, 0.3) is 11.0 Å². The summed E-state index contributed by atoms with van der Waals surface area (Å²) in [5, 5.41) is 2.00.